The van der Waals surface area contributed by atoms with Crippen LogP contribution in [0.2, 0.25) is 0 Å². The molecule has 1 unspecified atom stereocenters. The lowest BCUT2D eigenvalue weighted by Crippen LogP contribution is -2.50. The maximum Gasteiger partial charge on any atom is 0.258 e. The van der Waals surface area contributed by atoms with Gasteiger partial charge >= 0.3 is 0 Å². The van der Waals surface area contributed by atoms with E-state index in [1.807, 2.05) is 56.3 Å². The summed E-state index contributed by atoms with van der Waals surface area (Å²) in [5.74, 6) is -0.0221. The molecule has 162 valence electrons. The van der Waals surface area contributed by atoms with Crippen molar-refractivity contribution in [2.75, 3.05) is 6.61 Å². The number of carbonyl (C=O) groups is 2. The van der Waals surface area contributed by atoms with Crippen molar-refractivity contribution >= 4 is 11.8 Å². The Bertz CT molecular complexity index is 957. The fraction of sp³-hybridized carbons (Fsp3) is 0.304. The molecule has 0 aliphatic rings. The Kier molecular flexibility index (Phi) is 7.75. The highest BCUT2D eigenvalue weighted by Crippen LogP contribution is 2.09. The summed E-state index contributed by atoms with van der Waals surface area (Å²) in [4.78, 5) is 28.8. The Labute approximate surface area is 181 Å². The van der Waals surface area contributed by atoms with Crippen LogP contribution in [0.15, 0.2) is 67.3 Å². The van der Waals surface area contributed by atoms with E-state index in [0.29, 0.717) is 18.8 Å². The van der Waals surface area contributed by atoms with E-state index in [0.717, 1.165) is 11.1 Å². The predicted octanol–water partition coefficient (Wildman–Crippen LogP) is 2.16. The predicted molar refractivity (Wildman–Crippen MR) is 116 cm³/mol. The highest BCUT2D eigenvalue weighted by Gasteiger charge is 2.24. The molecule has 0 aliphatic carbocycles. The van der Waals surface area contributed by atoms with Crippen LogP contribution in [-0.4, -0.2) is 39.2 Å². The summed E-state index contributed by atoms with van der Waals surface area (Å²) in [5, 5.41) is 9.76. The van der Waals surface area contributed by atoms with Crippen LogP contribution in [0.25, 0.3) is 0 Å². The molecule has 0 saturated carbocycles. The standard InChI is InChI=1S/C23H27N5O3/c1-17(2)22(27-21(29)14-31-20-6-4-3-5-7-20)23(30)25-12-18-8-10-19(11-9-18)13-28-16-24-15-26-28/h3-11,15-17,22H,12-14H2,1-2H3,(H,25,30)(H,27,29). The third-order valence-electron chi connectivity index (χ3n) is 4.68. The smallest absolute Gasteiger partial charge is 0.258 e. The first-order chi connectivity index (χ1) is 15.0. The summed E-state index contributed by atoms with van der Waals surface area (Å²) < 4.78 is 7.20. The summed E-state index contributed by atoms with van der Waals surface area (Å²) in [6.07, 6.45) is 3.17. The largest absolute Gasteiger partial charge is 0.484 e. The number of hydrogen-bond acceptors (Lipinski definition) is 5. The molecular formula is C23H27N5O3. The molecule has 0 spiro atoms. The van der Waals surface area contributed by atoms with Gasteiger partial charge in [0.2, 0.25) is 5.91 Å². The first-order valence-electron chi connectivity index (χ1n) is 10.2. The molecule has 1 heterocycles. The zero-order valence-corrected chi connectivity index (χ0v) is 17.7. The maximum absolute atomic E-state index is 12.7. The highest BCUT2D eigenvalue weighted by molar-refractivity contribution is 5.88. The Morgan fingerprint density at radius 2 is 1.74 bits per heavy atom. The van der Waals surface area contributed by atoms with Crippen LogP contribution in [0.1, 0.15) is 25.0 Å². The molecule has 0 saturated heterocycles. The van der Waals surface area contributed by atoms with E-state index in [-0.39, 0.29) is 24.3 Å². The number of aromatic nitrogens is 3. The quantitative estimate of drug-likeness (QED) is 0.523. The minimum Gasteiger partial charge on any atom is -0.484 e. The van der Waals surface area contributed by atoms with E-state index in [4.69, 9.17) is 4.74 Å². The number of rotatable bonds is 10. The Morgan fingerprint density at radius 1 is 1.03 bits per heavy atom. The van der Waals surface area contributed by atoms with Crippen LogP contribution in [0.4, 0.5) is 0 Å². The van der Waals surface area contributed by atoms with Crippen molar-refractivity contribution in [1.82, 2.24) is 25.4 Å². The van der Waals surface area contributed by atoms with Crippen LogP contribution in [-0.2, 0) is 22.7 Å². The third-order valence-corrected chi connectivity index (χ3v) is 4.68. The molecule has 2 N–H and O–H groups in total. The Balaban J connectivity index is 1.47. The number of nitrogens with zero attached hydrogens (tertiary/aromatic N) is 3. The van der Waals surface area contributed by atoms with Gasteiger partial charge in [-0.15, -0.1) is 0 Å². The molecule has 0 bridgehead atoms. The Hall–Kier alpha value is -3.68. The molecule has 0 fully saturated rings. The number of hydrogen-bond donors (Lipinski definition) is 2. The number of ether oxygens (including phenoxy) is 1. The summed E-state index contributed by atoms with van der Waals surface area (Å²) in [6.45, 7) is 4.65. The molecule has 3 aromatic rings. The van der Waals surface area contributed by atoms with Gasteiger partial charge in [0.15, 0.2) is 6.61 Å². The molecule has 8 heteroatoms. The number of carbonyl (C=O) groups excluding carboxylic acids is 2. The van der Waals surface area contributed by atoms with Crippen molar-refractivity contribution in [2.24, 2.45) is 5.92 Å². The third kappa shape index (κ3) is 6.95. The van der Waals surface area contributed by atoms with Gasteiger partial charge in [-0.1, -0.05) is 56.3 Å². The number of para-hydroxylation sites is 1. The average molecular weight is 422 g/mol. The molecule has 0 radical (unpaired) electrons. The lowest BCUT2D eigenvalue weighted by Gasteiger charge is -2.22. The number of benzene rings is 2. The van der Waals surface area contributed by atoms with Crippen LogP contribution >= 0.6 is 0 Å². The second-order valence-electron chi connectivity index (χ2n) is 7.52. The summed E-state index contributed by atoms with van der Waals surface area (Å²) in [6, 6.07) is 16.4. The van der Waals surface area contributed by atoms with Gasteiger partial charge in [-0.05, 0) is 29.2 Å². The molecule has 31 heavy (non-hydrogen) atoms. The molecule has 0 aliphatic heterocycles. The van der Waals surface area contributed by atoms with E-state index in [1.54, 1.807) is 23.1 Å². The SMILES string of the molecule is CC(C)C(NC(=O)COc1ccccc1)C(=O)NCc1ccc(Cn2cncn2)cc1. The topological polar surface area (TPSA) is 98.1 Å². The van der Waals surface area contributed by atoms with Crippen molar-refractivity contribution in [3.63, 3.8) is 0 Å². The van der Waals surface area contributed by atoms with E-state index in [9.17, 15) is 9.59 Å². The summed E-state index contributed by atoms with van der Waals surface area (Å²) in [7, 11) is 0. The number of nitrogens with one attached hydrogen (secondary N) is 2. The van der Waals surface area contributed by atoms with Crippen LogP contribution in [0.5, 0.6) is 5.75 Å². The lowest BCUT2D eigenvalue weighted by atomic mass is 10.0. The molecule has 3 rings (SSSR count). The number of amides is 2. The molecule has 2 aromatic carbocycles. The normalized spacial score (nSPS) is 11.7. The van der Waals surface area contributed by atoms with E-state index >= 15 is 0 Å². The monoisotopic (exact) mass is 421 g/mol. The van der Waals surface area contributed by atoms with Gasteiger partial charge < -0.3 is 15.4 Å². The zero-order valence-electron chi connectivity index (χ0n) is 17.7. The zero-order chi connectivity index (χ0) is 22.1. The van der Waals surface area contributed by atoms with Gasteiger partial charge in [0.1, 0.15) is 24.4 Å². The molecule has 8 nitrogen and oxygen atoms in total. The van der Waals surface area contributed by atoms with Crippen molar-refractivity contribution in [1.29, 1.82) is 0 Å². The van der Waals surface area contributed by atoms with Crippen molar-refractivity contribution in [2.45, 2.75) is 33.0 Å². The second-order valence-corrected chi connectivity index (χ2v) is 7.52. The summed E-state index contributed by atoms with van der Waals surface area (Å²) >= 11 is 0. The fourth-order valence-electron chi connectivity index (χ4n) is 2.98. The van der Waals surface area contributed by atoms with Crippen LogP contribution < -0.4 is 15.4 Å². The van der Waals surface area contributed by atoms with Gasteiger partial charge in [-0.25, -0.2) is 9.67 Å². The first kappa shape index (κ1) is 22.0. The minimum absolute atomic E-state index is 0.0641. The fourth-order valence-corrected chi connectivity index (χ4v) is 2.98. The van der Waals surface area contributed by atoms with Gasteiger partial charge in [-0.3, -0.25) is 9.59 Å². The van der Waals surface area contributed by atoms with Gasteiger partial charge in [0.25, 0.3) is 5.91 Å². The lowest BCUT2D eigenvalue weighted by molar-refractivity contribution is -0.131. The summed E-state index contributed by atoms with van der Waals surface area (Å²) in [5.41, 5.74) is 2.06. The minimum atomic E-state index is -0.640. The van der Waals surface area contributed by atoms with Gasteiger partial charge in [0.05, 0.1) is 6.54 Å². The second kappa shape index (κ2) is 10.9. The van der Waals surface area contributed by atoms with E-state index < -0.39 is 6.04 Å². The van der Waals surface area contributed by atoms with E-state index in [1.165, 1.54) is 6.33 Å². The van der Waals surface area contributed by atoms with Gasteiger partial charge in [0, 0.05) is 6.54 Å². The highest BCUT2D eigenvalue weighted by atomic mass is 16.5. The first-order valence-corrected chi connectivity index (χ1v) is 10.2. The van der Waals surface area contributed by atoms with Crippen molar-refractivity contribution < 1.29 is 14.3 Å². The van der Waals surface area contributed by atoms with E-state index in [2.05, 4.69) is 20.7 Å². The molecular weight excluding hydrogens is 394 g/mol. The molecule has 2 amide bonds. The van der Waals surface area contributed by atoms with Crippen molar-refractivity contribution in [3.8, 4) is 5.75 Å². The Morgan fingerprint density at radius 3 is 2.39 bits per heavy atom. The van der Waals surface area contributed by atoms with Crippen LogP contribution in [0, 0.1) is 5.92 Å². The maximum atomic E-state index is 12.7. The van der Waals surface area contributed by atoms with Crippen LogP contribution in [0.3, 0.4) is 0 Å². The van der Waals surface area contributed by atoms with Gasteiger partial charge in [-0.2, -0.15) is 5.10 Å². The molecule has 1 aromatic heterocycles. The van der Waals surface area contributed by atoms with Crippen molar-refractivity contribution in [3.05, 3.63) is 78.4 Å². The molecule has 1 atom stereocenters. The average Bonchev–Trinajstić information content (AvgIpc) is 3.29.